The molecule has 0 aromatic carbocycles. The van der Waals surface area contributed by atoms with Crippen LogP contribution in [-0.4, -0.2) is 33.1 Å². The number of rotatable bonds is 7. The molecule has 0 saturated heterocycles. The second-order valence-electron chi connectivity index (χ2n) is 6.64. The van der Waals surface area contributed by atoms with Gasteiger partial charge in [0.05, 0.1) is 0 Å². The maximum absolute atomic E-state index is 6.36. The molecule has 0 aliphatic heterocycles. The summed E-state index contributed by atoms with van der Waals surface area (Å²) in [6.07, 6.45) is 3.11. The van der Waals surface area contributed by atoms with Crippen LogP contribution >= 0.6 is 11.8 Å². The first-order valence-corrected chi connectivity index (χ1v) is 10.8. The molecule has 0 bridgehead atoms. The SMILES string of the molecule is CNC(CSCC1CC1)O[Si](C)(C)C(C)(C)C. The number of hydrogen-bond acceptors (Lipinski definition) is 3. The Morgan fingerprint density at radius 2 is 1.94 bits per heavy atom. The van der Waals surface area contributed by atoms with Crippen LogP contribution in [0.5, 0.6) is 0 Å². The van der Waals surface area contributed by atoms with Gasteiger partial charge in [-0.15, -0.1) is 0 Å². The van der Waals surface area contributed by atoms with E-state index in [1.807, 2.05) is 18.8 Å². The Balaban J connectivity index is 2.33. The summed E-state index contributed by atoms with van der Waals surface area (Å²) in [7, 11) is 0.383. The van der Waals surface area contributed by atoms with Crippen molar-refractivity contribution in [1.29, 1.82) is 0 Å². The van der Waals surface area contributed by atoms with Crippen LogP contribution in [0.3, 0.4) is 0 Å². The van der Waals surface area contributed by atoms with Crippen LogP contribution < -0.4 is 5.32 Å². The molecule has 1 N–H and O–H groups in total. The van der Waals surface area contributed by atoms with Crippen LogP contribution in [0.25, 0.3) is 0 Å². The fourth-order valence-corrected chi connectivity index (χ4v) is 3.97. The average Bonchev–Trinajstić information content (AvgIpc) is 2.98. The highest BCUT2D eigenvalue weighted by molar-refractivity contribution is 7.99. The minimum atomic E-state index is -1.63. The number of nitrogens with one attached hydrogen (secondary N) is 1. The first-order valence-electron chi connectivity index (χ1n) is 6.69. The molecule has 1 rings (SSSR count). The second kappa shape index (κ2) is 6.09. The van der Waals surface area contributed by atoms with E-state index in [0.717, 1.165) is 11.7 Å². The molecule has 1 fully saturated rings. The molecule has 4 heteroatoms. The van der Waals surface area contributed by atoms with E-state index in [1.54, 1.807) is 0 Å². The monoisotopic (exact) mass is 275 g/mol. The van der Waals surface area contributed by atoms with Crippen LogP contribution in [0.1, 0.15) is 33.6 Å². The standard InChI is InChI=1S/C13H29NOSSi/c1-13(2,3)17(5,6)15-12(14-4)10-16-9-11-7-8-11/h11-12,14H,7-10H2,1-6H3. The zero-order valence-corrected chi connectivity index (χ0v) is 14.1. The Morgan fingerprint density at radius 3 is 2.35 bits per heavy atom. The molecular formula is C13H29NOSSi. The van der Waals surface area contributed by atoms with Crippen molar-refractivity contribution in [2.24, 2.45) is 5.92 Å². The van der Waals surface area contributed by atoms with E-state index in [2.05, 4.69) is 39.2 Å². The summed E-state index contributed by atoms with van der Waals surface area (Å²) in [5, 5.41) is 3.61. The van der Waals surface area contributed by atoms with Crippen molar-refractivity contribution < 1.29 is 4.43 Å². The molecule has 0 aromatic rings. The van der Waals surface area contributed by atoms with Gasteiger partial charge in [-0.2, -0.15) is 11.8 Å². The predicted molar refractivity (Wildman–Crippen MR) is 81.2 cm³/mol. The van der Waals surface area contributed by atoms with Gasteiger partial charge in [0.15, 0.2) is 8.32 Å². The molecule has 0 amide bonds. The lowest BCUT2D eigenvalue weighted by Crippen LogP contribution is -2.48. The van der Waals surface area contributed by atoms with Crippen molar-refractivity contribution in [2.45, 2.75) is 58.0 Å². The smallest absolute Gasteiger partial charge is 0.194 e. The number of hydrogen-bond donors (Lipinski definition) is 1. The van der Waals surface area contributed by atoms with Crippen LogP contribution in [-0.2, 0) is 4.43 Å². The Labute approximate surface area is 112 Å². The summed E-state index contributed by atoms with van der Waals surface area (Å²) in [4.78, 5) is 0. The van der Waals surface area contributed by atoms with E-state index >= 15 is 0 Å². The van der Waals surface area contributed by atoms with Crippen LogP contribution in [0.4, 0.5) is 0 Å². The molecule has 0 aromatic heterocycles. The fraction of sp³-hybridized carbons (Fsp3) is 1.00. The van der Waals surface area contributed by atoms with Gasteiger partial charge in [-0.3, -0.25) is 5.32 Å². The summed E-state index contributed by atoms with van der Waals surface area (Å²) in [6.45, 7) is 11.5. The third-order valence-corrected chi connectivity index (χ3v) is 9.62. The van der Waals surface area contributed by atoms with Crippen molar-refractivity contribution in [2.75, 3.05) is 18.6 Å². The highest BCUT2D eigenvalue weighted by Crippen LogP contribution is 2.37. The molecule has 1 atom stereocenters. The molecule has 2 nitrogen and oxygen atoms in total. The molecule has 1 unspecified atom stereocenters. The van der Waals surface area contributed by atoms with E-state index in [0.29, 0.717) is 5.04 Å². The van der Waals surface area contributed by atoms with Crippen molar-refractivity contribution in [3.05, 3.63) is 0 Å². The Morgan fingerprint density at radius 1 is 1.35 bits per heavy atom. The van der Waals surface area contributed by atoms with E-state index in [-0.39, 0.29) is 6.23 Å². The molecule has 1 aliphatic carbocycles. The predicted octanol–water partition coefficient (Wildman–Crippen LogP) is 3.70. The van der Waals surface area contributed by atoms with Gasteiger partial charge in [0.1, 0.15) is 6.23 Å². The first-order chi connectivity index (χ1) is 7.76. The van der Waals surface area contributed by atoms with Gasteiger partial charge in [-0.1, -0.05) is 20.8 Å². The lowest BCUT2D eigenvalue weighted by molar-refractivity contribution is 0.177. The second-order valence-corrected chi connectivity index (χ2v) is 12.5. The third-order valence-electron chi connectivity index (χ3n) is 3.88. The van der Waals surface area contributed by atoms with Gasteiger partial charge >= 0.3 is 0 Å². The lowest BCUT2D eigenvalue weighted by atomic mass is 10.2. The minimum absolute atomic E-state index is 0.222. The molecule has 0 heterocycles. The minimum Gasteiger partial charge on any atom is -0.401 e. The summed E-state index contributed by atoms with van der Waals surface area (Å²) in [5.74, 6) is 3.41. The van der Waals surface area contributed by atoms with Gasteiger partial charge in [-0.05, 0) is 49.7 Å². The molecule has 17 heavy (non-hydrogen) atoms. The summed E-state index contributed by atoms with van der Waals surface area (Å²) < 4.78 is 6.36. The van der Waals surface area contributed by atoms with Crippen LogP contribution in [0.2, 0.25) is 18.1 Å². The fourth-order valence-electron chi connectivity index (χ4n) is 1.33. The van der Waals surface area contributed by atoms with Gasteiger partial charge < -0.3 is 4.43 Å². The maximum Gasteiger partial charge on any atom is 0.194 e. The van der Waals surface area contributed by atoms with Gasteiger partial charge in [0.2, 0.25) is 0 Å². The zero-order valence-electron chi connectivity index (χ0n) is 12.3. The van der Waals surface area contributed by atoms with E-state index in [1.165, 1.54) is 18.6 Å². The Hall–Kier alpha value is 0.487. The zero-order chi connectivity index (χ0) is 13.1. The molecule has 1 aliphatic rings. The number of thioether (sulfide) groups is 1. The molecule has 0 radical (unpaired) electrons. The van der Waals surface area contributed by atoms with Crippen LogP contribution in [0.15, 0.2) is 0 Å². The summed E-state index contributed by atoms with van der Waals surface area (Å²) in [6, 6.07) is 0. The quantitative estimate of drug-likeness (QED) is 0.565. The van der Waals surface area contributed by atoms with E-state index in [9.17, 15) is 0 Å². The van der Waals surface area contributed by atoms with Crippen molar-refractivity contribution in [1.82, 2.24) is 5.32 Å². The van der Waals surface area contributed by atoms with E-state index < -0.39 is 8.32 Å². The average molecular weight is 276 g/mol. The third kappa shape index (κ3) is 5.33. The van der Waals surface area contributed by atoms with Gasteiger partial charge in [0.25, 0.3) is 0 Å². The molecule has 0 spiro atoms. The molecule has 1 saturated carbocycles. The normalized spacial score (nSPS) is 19.4. The highest BCUT2D eigenvalue weighted by atomic mass is 32.2. The van der Waals surface area contributed by atoms with Crippen molar-refractivity contribution in [3.8, 4) is 0 Å². The summed E-state index contributed by atoms with van der Waals surface area (Å²) in [5.41, 5.74) is 0. The van der Waals surface area contributed by atoms with Gasteiger partial charge in [-0.25, -0.2) is 0 Å². The molecule has 102 valence electrons. The largest absolute Gasteiger partial charge is 0.401 e. The van der Waals surface area contributed by atoms with Crippen molar-refractivity contribution >= 4 is 20.1 Å². The summed E-state index contributed by atoms with van der Waals surface area (Å²) >= 11 is 2.04. The Bertz CT molecular complexity index is 236. The van der Waals surface area contributed by atoms with Crippen LogP contribution in [0, 0.1) is 5.92 Å². The molecular weight excluding hydrogens is 246 g/mol. The van der Waals surface area contributed by atoms with Crippen molar-refractivity contribution in [3.63, 3.8) is 0 Å². The topological polar surface area (TPSA) is 21.3 Å². The van der Waals surface area contributed by atoms with E-state index in [4.69, 9.17) is 4.43 Å². The first kappa shape index (κ1) is 15.5. The lowest BCUT2D eigenvalue weighted by Gasteiger charge is -2.39. The van der Waals surface area contributed by atoms with Gasteiger partial charge in [0, 0.05) is 5.75 Å². The Kier molecular flexibility index (Phi) is 5.57. The highest BCUT2D eigenvalue weighted by Gasteiger charge is 2.39. The maximum atomic E-state index is 6.36.